The van der Waals surface area contributed by atoms with E-state index >= 15 is 0 Å². The summed E-state index contributed by atoms with van der Waals surface area (Å²) in [6.07, 6.45) is -2.78. The summed E-state index contributed by atoms with van der Waals surface area (Å²) in [5, 5.41) is 4.05. The fourth-order valence-corrected chi connectivity index (χ4v) is 2.92. The number of nitrogens with two attached hydrogens (primary N) is 1. The first kappa shape index (κ1) is 13.6. The van der Waals surface area contributed by atoms with Crippen LogP contribution in [0.25, 0.3) is 5.52 Å². The first-order valence-electron chi connectivity index (χ1n) is 5.92. The van der Waals surface area contributed by atoms with Gasteiger partial charge in [-0.3, -0.25) is 4.90 Å². The maximum atomic E-state index is 12.5. The molecule has 20 heavy (non-hydrogen) atoms. The summed E-state index contributed by atoms with van der Waals surface area (Å²) >= 11 is 3.34. The Kier molecular flexibility index (Phi) is 3.13. The second-order valence-electron chi connectivity index (χ2n) is 4.83. The van der Waals surface area contributed by atoms with Crippen molar-refractivity contribution >= 4 is 27.3 Å². The van der Waals surface area contributed by atoms with Gasteiger partial charge in [0.15, 0.2) is 5.82 Å². The van der Waals surface area contributed by atoms with Crippen LogP contribution in [0.15, 0.2) is 17.0 Å². The van der Waals surface area contributed by atoms with Gasteiger partial charge in [-0.05, 0) is 27.6 Å². The van der Waals surface area contributed by atoms with Crippen molar-refractivity contribution in [3.63, 3.8) is 0 Å². The minimum atomic E-state index is -4.11. The monoisotopic (exact) mass is 349 g/mol. The van der Waals surface area contributed by atoms with Crippen LogP contribution in [-0.4, -0.2) is 38.8 Å². The highest BCUT2D eigenvalue weighted by atomic mass is 79.9. The van der Waals surface area contributed by atoms with Crippen LogP contribution in [0.2, 0.25) is 0 Å². The lowest BCUT2D eigenvalue weighted by molar-refractivity contribution is -0.210. The van der Waals surface area contributed by atoms with Crippen LogP contribution in [0.5, 0.6) is 0 Å². The van der Waals surface area contributed by atoms with E-state index in [0.29, 0.717) is 22.5 Å². The Morgan fingerprint density at radius 3 is 2.75 bits per heavy atom. The number of hydrogen-bond donors (Lipinski definition) is 1. The molecule has 1 aliphatic heterocycles. The van der Waals surface area contributed by atoms with Gasteiger partial charge in [0, 0.05) is 19.6 Å². The summed E-state index contributed by atoms with van der Waals surface area (Å²) in [6.45, 7) is 0.442. The summed E-state index contributed by atoms with van der Waals surface area (Å²) in [5.74, 6) is -0.915. The lowest BCUT2D eigenvalue weighted by atomic mass is 9.99. The van der Waals surface area contributed by atoms with Gasteiger partial charge in [-0.2, -0.15) is 18.3 Å². The molecule has 3 heterocycles. The highest BCUT2D eigenvalue weighted by Crippen LogP contribution is 2.35. The van der Waals surface area contributed by atoms with E-state index < -0.39 is 12.1 Å². The number of nitrogens with zero attached hydrogens (tertiary/aromatic N) is 4. The van der Waals surface area contributed by atoms with Crippen LogP contribution >= 0.6 is 15.9 Å². The molecule has 0 unspecified atom stereocenters. The maximum Gasteiger partial charge on any atom is 0.394 e. The van der Waals surface area contributed by atoms with Crippen LogP contribution in [-0.2, 0) is 6.54 Å². The number of rotatable bonds is 2. The van der Waals surface area contributed by atoms with Gasteiger partial charge in [0.25, 0.3) is 0 Å². The molecular weight excluding hydrogens is 339 g/mol. The van der Waals surface area contributed by atoms with Crippen molar-refractivity contribution in [1.82, 2.24) is 19.5 Å². The molecule has 0 spiro atoms. The number of alkyl halides is 3. The van der Waals surface area contributed by atoms with Crippen molar-refractivity contribution < 1.29 is 13.2 Å². The third kappa shape index (κ3) is 2.24. The second-order valence-corrected chi connectivity index (χ2v) is 5.64. The number of anilines is 1. The van der Waals surface area contributed by atoms with E-state index in [2.05, 4.69) is 26.0 Å². The van der Waals surface area contributed by atoms with Crippen molar-refractivity contribution in [2.75, 3.05) is 18.8 Å². The molecule has 0 amide bonds. The first-order chi connectivity index (χ1) is 9.36. The number of fused-ring (bicyclic) bond motifs is 1. The number of hydrogen-bond acceptors (Lipinski definition) is 4. The Morgan fingerprint density at radius 2 is 2.10 bits per heavy atom. The highest BCUT2D eigenvalue weighted by molar-refractivity contribution is 9.10. The van der Waals surface area contributed by atoms with Crippen LogP contribution < -0.4 is 5.73 Å². The Balaban J connectivity index is 1.80. The van der Waals surface area contributed by atoms with Gasteiger partial charge in [0.2, 0.25) is 0 Å². The Bertz CT molecular complexity index is 647. The third-order valence-electron chi connectivity index (χ3n) is 3.43. The summed E-state index contributed by atoms with van der Waals surface area (Å²) in [5.41, 5.74) is 7.26. The minimum Gasteiger partial charge on any atom is -0.382 e. The molecule has 9 heteroatoms. The molecule has 0 saturated carbocycles. The second kappa shape index (κ2) is 4.59. The number of nitrogen functional groups attached to an aromatic ring is 1. The fraction of sp³-hybridized carbons (Fsp3) is 0.455. The van der Waals surface area contributed by atoms with Crippen molar-refractivity contribution in [2.24, 2.45) is 5.92 Å². The van der Waals surface area contributed by atoms with E-state index in [1.54, 1.807) is 15.5 Å². The molecule has 0 aromatic carbocycles. The standard InChI is InChI=1S/C11H11BrF3N5/c12-8-1-6(9-10(16)17-5-18-20(8)9)2-19-3-7(4-19)11(13,14)15/h1,5,7H,2-4H2,(H2,16,17,18). The van der Waals surface area contributed by atoms with Crippen molar-refractivity contribution in [3.8, 4) is 0 Å². The number of likely N-dealkylation sites (tertiary alicyclic amines) is 1. The van der Waals surface area contributed by atoms with E-state index in [4.69, 9.17) is 5.73 Å². The van der Waals surface area contributed by atoms with Gasteiger partial charge in [0.1, 0.15) is 16.4 Å². The molecule has 0 radical (unpaired) electrons. The molecular formula is C11H11BrF3N5. The van der Waals surface area contributed by atoms with Crippen molar-refractivity contribution in [1.29, 1.82) is 0 Å². The smallest absolute Gasteiger partial charge is 0.382 e. The number of halogens is 4. The SMILES string of the molecule is Nc1ncnn2c(Br)cc(CN3CC(C(F)(F)F)C3)c12. The van der Waals surface area contributed by atoms with Crippen LogP contribution in [0, 0.1) is 5.92 Å². The quantitative estimate of drug-likeness (QED) is 0.901. The lowest BCUT2D eigenvalue weighted by Crippen LogP contribution is -2.52. The Morgan fingerprint density at radius 1 is 1.40 bits per heavy atom. The van der Waals surface area contributed by atoms with Gasteiger partial charge in [-0.1, -0.05) is 0 Å². The zero-order valence-corrected chi connectivity index (χ0v) is 11.8. The van der Waals surface area contributed by atoms with Gasteiger partial charge in [0.05, 0.1) is 5.92 Å². The third-order valence-corrected chi connectivity index (χ3v) is 4.00. The summed E-state index contributed by atoms with van der Waals surface area (Å²) in [6, 6.07) is 1.81. The fourth-order valence-electron chi connectivity index (χ4n) is 2.37. The van der Waals surface area contributed by atoms with Crippen molar-refractivity contribution in [3.05, 3.63) is 22.6 Å². The zero-order valence-electron chi connectivity index (χ0n) is 10.2. The number of aromatic nitrogens is 3. The summed E-state index contributed by atoms with van der Waals surface area (Å²) < 4.78 is 39.6. The zero-order chi connectivity index (χ0) is 14.5. The highest BCUT2D eigenvalue weighted by Gasteiger charge is 2.47. The maximum absolute atomic E-state index is 12.5. The van der Waals surface area contributed by atoms with E-state index in [1.807, 2.05) is 0 Å². The van der Waals surface area contributed by atoms with E-state index in [1.165, 1.54) is 6.33 Å². The predicted molar refractivity (Wildman–Crippen MR) is 69.9 cm³/mol. The van der Waals surface area contributed by atoms with E-state index in [-0.39, 0.29) is 13.1 Å². The Hall–Kier alpha value is -1.35. The molecule has 5 nitrogen and oxygen atoms in total. The molecule has 0 bridgehead atoms. The van der Waals surface area contributed by atoms with Gasteiger partial charge in [-0.25, -0.2) is 9.50 Å². The lowest BCUT2D eigenvalue weighted by Gasteiger charge is -2.39. The molecule has 0 aliphatic carbocycles. The predicted octanol–water partition coefficient (Wildman–Crippen LogP) is 2.07. The molecule has 2 N–H and O–H groups in total. The van der Waals surface area contributed by atoms with Crippen LogP contribution in [0.3, 0.4) is 0 Å². The van der Waals surface area contributed by atoms with Crippen LogP contribution in [0.4, 0.5) is 19.0 Å². The van der Waals surface area contributed by atoms with Gasteiger partial charge < -0.3 is 5.73 Å². The minimum absolute atomic E-state index is 0.0199. The average molecular weight is 350 g/mol. The molecule has 2 aromatic heterocycles. The Labute approximate surface area is 120 Å². The largest absolute Gasteiger partial charge is 0.394 e. The van der Waals surface area contributed by atoms with Gasteiger partial charge in [-0.15, -0.1) is 0 Å². The first-order valence-corrected chi connectivity index (χ1v) is 6.71. The molecule has 2 aromatic rings. The molecule has 3 rings (SSSR count). The van der Waals surface area contributed by atoms with E-state index in [0.717, 1.165) is 5.56 Å². The van der Waals surface area contributed by atoms with Gasteiger partial charge >= 0.3 is 6.18 Å². The molecule has 1 aliphatic rings. The van der Waals surface area contributed by atoms with E-state index in [9.17, 15) is 13.2 Å². The molecule has 108 valence electrons. The van der Waals surface area contributed by atoms with Crippen LogP contribution in [0.1, 0.15) is 5.56 Å². The molecule has 1 saturated heterocycles. The average Bonchev–Trinajstić information content (AvgIpc) is 2.60. The van der Waals surface area contributed by atoms with Crippen molar-refractivity contribution in [2.45, 2.75) is 12.7 Å². The topological polar surface area (TPSA) is 59.4 Å². The normalized spacial score (nSPS) is 17.6. The summed E-state index contributed by atoms with van der Waals surface area (Å²) in [7, 11) is 0. The summed E-state index contributed by atoms with van der Waals surface area (Å²) in [4.78, 5) is 5.64. The molecule has 0 atom stereocenters. The molecule has 1 fully saturated rings.